The fourth-order valence-electron chi connectivity index (χ4n) is 1.44. The van der Waals surface area contributed by atoms with Crippen molar-refractivity contribution in [2.45, 2.75) is 39.2 Å². The van der Waals surface area contributed by atoms with Gasteiger partial charge in [-0.05, 0) is 13.3 Å². The van der Waals surface area contributed by atoms with E-state index in [1.807, 2.05) is 32.0 Å². The molecule has 1 aromatic carbocycles. The van der Waals surface area contributed by atoms with E-state index in [9.17, 15) is 9.59 Å². The predicted molar refractivity (Wildman–Crippen MR) is 67.9 cm³/mol. The summed E-state index contributed by atoms with van der Waals surface area (Å²) < 4.78 is 0. The number of rotatable bonds is 6. The summed E-state index contributed by atoms with van der Waals surface area (Å²) in [6, 6.07) is 9.24. The minimum absolute atomic E-state index is 0.0184. The molecule has 0 saturated carbocycles. The fraction of sp³-hybridized carbons (Fsp3) is 0.429. The van der Waals surface area contributed by atoms with Crippen molar-refractivity contribution in [1.82, 2.24) is 5.32 Å². The van der Waals surface area contributed by atoms with Gasteiger partial charge in [0.2, 0.25) is 5.91 Å². The first-order valence-electron chi connectivity index (χ1n) is 6.01. The number of nitrogens with one attached hydrogen (secondary N) is 1. The van der Waals surface area contributed by atoms with Gasteiger partial charge >= 0.3 is 0 Å². The first-order valence-corrected chi connectivity index (χ1v) is 6.01. The Kier molecular flexibility index (Phi) is 5.40. The summed E-state index contributed by atoms with van der Waals surface area (Å²) in [5, 5.41) is 2.85. The van der Waals surface area contributed by atoms with Gasteiger partial charge in [-0.15, -0.1) is 0 Å². The number of hydrogen-bond acceptors (Lipinski definition) is 2. The Labute approximate surface area is 102 Å². The molecule has 0 bridgehead atoms. The lowest BCUT2D eigenvalue weighted by molar-refractivity contribution is -0.121. The second-order valence-electron chi connectivity index (χ2n) is 4.17. The van der Waals surface area contributed by atoms with E-state index >= 15 is 0 Å². The molecule has 1 N–H and O–H groups in total. The molecule has 3 heteroatoms. The lowest BCUT2D eigenvalue weighted by atomic mass is 10.1. The minimum atomic E-state index is -0.0522. The van der Waals surface area contributed by atoms with E-state index < -0.39 is 0 Å². The molecule has 1 atom stereocenters. The lowest BCUT2D eigenvalue weighted by Crippen LogP contribution is -2.32. The molecule has 0 aliphatic rings. The van der Waals surface area contributed by atoms with Crippen molar-refractivity contribution in [1.29, 1.82) is 0 Å². The monoisotopic (exact) mass is 233 g/mol. The van der Waals surface area contributed by atoms with Gasteiger partial charge in [0.05, 0.1) is 0 Å². The maximum Gasteiger partial charge on any atom is 0.220 e. The molecule has 17 heavy (non-hydrogen) atoms. The Bertz CT molecular complexity index is 373. The standard InChI is InChI=1S/C14H19NO2/c1-3-11(2)15-14(17)10-9-13(16)12-7-5-4-6-8-12/h4-8,11H,3,9-10H2,1-2H3,(H,15,17). The van der Waals surface area contributed by atoms with Crippen molar-refractivity contribution in [3.05, 3.63) is 35.9 Å². The first-order chi connectivity index (χ1) is 8.13. The van der Waals surface area contributed by atoms with Gasteiger partial charge in [-0.3, -0.25) is 9.59 Å². The Morgan fingerprint density at radius 3 is 2.41 bits per heavy atom. The van der Waals surface area contributed by atoms with Crippen LogP contribution in [0.1, 0.15) is 43.5 Å². The third kappa shape index (κ3) is 4.81. The molecule has 92 valence electrons. The molecule has 0 fully saturated rings. The lowest BCUT2D eigenvalue weighted by Gasteiger charge is -2.10. The quantitative estimate of drug-likeness (QED) is 0.767. The van der Waals surface area contributed by atoms with Crippen LogP contribution in [0, 0.1) is 0 Å². The molecule has 1 unspecified atom stereocenters. The number of Topliss-reactive ketones (excluding diaryl/α,β-unsaturated/α-hetero) is 1. The minimum Gasteiger partial charge on any atom is -0.354 e. The van der Waals surface area contributed by atoms with Crippen molar-refractivity contribution in [2.24, 2.45) is 0 Å². The summed E-state index contributed by atoms with van der Waals surface area (Å²) >= 11 is 0. The first kappa shape index (κ1) is 13.4. The summed E-state index contributed by atoms with van der Waals surface area (Å²) in [5.74, 6) is -0.0338. The Hall–Kier alpha value is -1.64. The second-order valence-corrected chi connectivity index (χ2v) is 4.17. The molecule has 0 radical (unpaired) electrons. The van der Waals surface area contributed by atoms with Crippen LogP contribution in [0.5, 0.6) is 0 Å². The fourth-order valence-corrected chi connectivity index (χ4v) is 1.44. The molecule has 0 heterocycles. The topological polar surface area (TPSA) is 46.2 Å². The van der Waals surface area contributed by atoms with Crippen molar-refractivity contribution >= 4 is 11.7 Å². The van der Waals surface area contributed by atoms with Crippen LogP contribution < -0.4 is 5.32 Å². The molecule has 1 aromatic rings. The van der Waals surface area contributed by atoms with Crippen molar-refractivity contribution < 1.29 is 9.59 Å². The molecule has 0 spiro atoms. The van der Waals surface area contributed by atoms with Crippen LogP contribution in [0.2, 0.25) is 0 Å². The SMILES string of the molecule is CCC(C)NC(=O)CCC(=O)c1ccccc1. The van der Waals surface area contributed by atoms with E-state index in [-0.39, 0.29) is 30.6 Å². The average molecular weight is 233 g/mol. The van der Waals surface area contributed by atoms with Gasteiger partial charge in [0, 0.05) is 24.4 Å². The molecular weight excluding hydrogens is 214 g/mol. The number of amides is 1. The van der Waals surface area contributed by atoms with Gasteiger partial charge in [0.15, 0.2) is 5.78 Å². The van der Waals surface area contributed by atoms with Crippen LogP contribution >= 0.6 is 0 Å². The Balaban J connectivity index is 2.36. The average Bonchev–Trinajstić information content (AvgIpc) is 2.36. The zero-order chi connectivity index (χ0) is 12.7. The van der Waals surface area contributed by atoms with E-state index in [0.29, 0.717) is 5.56 Å². The smallest absolute Gasteiger partial charge is 0.220 e. The van der Waals surface area contributed by atoms with Gasteiger partial charge in [0.1, 0.15) is 0 Å². The largest absolute Gasteiger partial charge is 0.354 e. The maximum atomic E-state index is 11.7. The number of hydrogen-bond donors (Lipinski definition) is 1. The van der Waals surface area contributed by atoms with E-state index in [1.54, 1.807) is 12.1 Å². The predicted octanol–water partition coefficient (Wildman–Crippen LogP) is 2.56. The molecule has 0 aliphatic heterocycles. The van der Waals surface area contributed by atoms with Crippen LogP contribution in [0.25, 0.3) is 0 Å². The third-order valence-corrected chi connectivity index (χ3v) is 2.69. The van der Waals surface area contributed by atoms with E-state index in [4.69, 9.17) is 0 Å². The summed E-state index contributed by atoms with van der Waals surface area (Å²) in [6.07, 6.45) is 1.43. The van der Waals surface area contributed by atoms with E-state index in [0.717, 1.165) is 6.42 Å². The highest BCUT2D eigenvalue weighted by Crippen LogP contribution is 2.05. The van der Waals surface area contributed by atoms with E-state index in [2.05, 4.69) is 5.32 Å². The van der Waals surface area contributed by atoms with Crippen molar-refractivity contribution in [2.75, 3.05) is 0 Å². The zero-order valence-electron chi connectivity index (χ0n) is 10.4. The zero-order valence-corrected chi connectivity index (χ0v) is 10.4. The van der Waals surface area contributed by atoms with Gasteiger partial charge in [0.25, 0.3) is 0 Å². The highest BCUT2D eigenvalue weighted by Gasteiger charge is 2.10. The highest BCUT2D eigenvalue weighted by molar-refractivity contribution is 5.97. The Morgan fingerprint density at radius 1 is 1.18 bits per heavy atom. The second kappa shape index (κ2) is 6.84. The molecule has 1 amide bonds. The van der Waals surface area contributed by atoms with E-state index in [1.165, 1.54) is 0 Å². The summed E-state index contributed by atoms with van der Waals surface area (Å²) in [4.78, 5) is 23.2. The number of carbonyl (C=O) groups excluding carboxylic acids is 2. The van der Waals surface area contributed by atoms with Gasteiger partial charge in [-0.1, -0.05) is 37.3 Å². The normalized spacial score (nSPS) is 11.9. The molecule has 1 rings (SSSR count). The van der Waals surface area contributed by atoms with Crippen LogP contribution in [0.4, 0.5) is 0 Å². The third-order valence-electron chi connectivity index (χ3n) is 2.69. The maximum absolute atomic E-state index is 11.7. The Morgan fingerprint density at radius 2 is 1.82 bits per heavy atom. The van der Waals surface area contributed by atoms with Crippen molar-refractivity contribution in [3.8, 4) is 0 Å². The van der Waals surface area contributed by atoms with Crippen LogP contribution in [0.15, 0.2) is 30.3 Å². The summed E-state index contributed by atoms with van der Waals surface area (Å²) in [5.41, 5.74) is 0.670. The summed E-state index contributed by atoms with van der Waals surface area (Å²) in [7, 11) is 0. The molecular formula is C14H19NO2. The van der Waals surface area contributed by atoms with Gasteiger partial charge < -0.3 is 5.32 Å². The van der Waals surface area contributed by atoms with Crippen molar-refractivity contribution in [3.63, 3.8) is 0 Å². The highest BCUT2D eigenvalue weighted by atomic mass is 16.2. The molecule has 3 nitrogen and oxygen atoms in total. The number of ketones is 1. The number of carbonyl (C=O) groups is 2. The van der Waals surface area contributed by atoms with Crippen LogP contribution in [0.3, 0.4) is 0 Å². The molecule has 0 saturated heterocycles. The van der Waals surface area contributed by atoms with Crippen LogP contribution in [-0.2, 0) is 4.79 Å². The summed E-state index contributed by atoms with van der Waals surface area (Å²) in [6.45, 7) is 3.97. The molecule has 0 aromatic heterocycles. The number of benzene rings is 1. The molecule has 0 aliphatic carbocycles. The van der Waals surface area contributed by atoms with Gasteiger partial charge in [-0.2, -0.15) is 0 Å². The van der Waals surface area contributed by atoms with Crippen LogP contribution in [-0.4, -0.2) is 17.7 Å². The van der Waals surface area contributed by atoms with Gasteiger partial charge in [-0.25, -0.2) is 0 Å².